The SMILES string of the molecule is COc1cc(F)c(-c2ccc(C[C@@H](C(=O)O)N(C)C)cc2)cc1C(=O)N[C@H]1[C@@H]2CC[C@@H](C2)[C@H]1C(=O)Nc1cccc(S(=O)(=O)C(F)(F)F)c1. The number of carbonyl (C=O) groups is 3. The minimum Gasteiger partial charge on any atom is -0.496 e. The van der Waals surface area contributed by atoms with Gasteiger partial charge in [-0.05, 0) is 87.0 Å². The molecule has 15 heteroatoms. The highest BCUT2D eigenvalue weighted by atomic mass is 32.2. The predicted molar refractivity (Wildman–Crippen MR) is 171 cm³/mol. The van der Waals surface area contributed by atoms with Crippen LogP contribution in [0.5, 0.6) is 5.75 Å². The van der Waals surface area contributed by atoms with E-state index in [-0.39, 0.29) is 40.8 Å². The Morgan fingerprint density at radius 2 is 1.69 bits per heavy atom. The minimum absolute atomic E-state index is 0.00788. The summed E-state index contributed by atoms with van der Waals surface area (Å²) >= 11 is 0. The van der Waals surface area contributed by atoms with Crippen LogP contribution in [-0.2, 0) is 25.8 Å². The summed E-state index contributed by atoms with van der Waals surface area (Å²) in [7, 11) is -1.03. The zero-order valence-electron chi connectivity index (χ0n) is 26.8. The molecule has 2 aliphatic carbocycles. The molecule has 3 N–H and O–H groups in total. The van der Waals surface area contributed by atoms with Crippen LogP contribution >= 0.6 is 0 Å². The zero-order valence-corrected chi connectivity index (χ0v) is 27.6. The number of methoxy groups -OCH3 is 1. The van der Waals surface area contributed by atoms with Crippen LogP contribution in [0.25, 0.3) is 11.1 Å². The quantitative estimate of drug-likeness (QED) is 0.233. The second-order valence-electron chi connectivity index (χ2n) is 12.6. The van der Waals surface area contributed by atoms with Crippen molar-refractivity contribution in [2.75, 3.05) is 26.5 Å². The number of hydrogen-bond acceptors (Lipinski definition) is 7. The normalized spacial score (nSPS) is 21.0. The van der Waals surface area contributed by atoms with E-state index in [1.54, 1.807) is 43.3 Å². The first-order valence-corrected chi connectivity index (χ1v) is 16.9. The maximum Gasteiger partial charge on any atom is 0.501 e. The molecule has 0 heterocycles. The van der Waals surface area contributed by atoms with Crippen LogP contribution in [0.3, 0.4) is 0 Å². The number of hydrogen-bond donors (Lipinski definition) is 3. The molecule has 0 unspecified atom stereocenters. The molecular weight excluding hydrogens is 670 g/mol. The first-order valence-electron chi connectivity index (χ1n) is 15.4. The third kappa shape index (κ3) is 7.27. The number of likely N-dealkylation sites (N-methyl/N-ethyl adjacent to an activating group) is 1. The number of aliphatic carboxylic acids is 1. The van der Waals surface area contributed by atoms with E-state index in [0.29, 0.717) is 24.0 Å². The van der Waals surface area contributed by atoms with Crippen molar-refractivity contribution in [3.8, 4) is 16.9 Å². The molecule has 2 bridgehead atoms. The average molecular weight is 706 g/mol. The predicted octanol–water partition coefficient (Wildman–Crippen LogP) is 5.14. The number of halogens is 4. The van der Waals surface area contributed by atoms with Gasteiger partial charge in [-0.2, -0.15) is 13.2 Å². The number of carbonyl (C=O) groups excluding carboxylic acids is 2. The molecule has 49 heavy (non-hydrogen) atoms. The fourth-order valence-corrected chi connectivity index (χ4v) is 7.67. The van der Waals surface area contributed by atoms with Crippen molar-refractivity contribution in [3.05, 3.63) is 77.6 Å². The number of carboxylic acid groups (broad SMARTS) is 1. The third-order valence-corrected chi connectivity index (χ3v) is 10.9. The Hall–Kier alpha value is -4.50. The van der Waals surface area contributed by atoms with Crippen LogP contribution in [0.15, 0.2) is 65.6 Å². The van der Waals surface area contributed by atoms with Gasteiger partial charge in [0.15, 0.2) is 0 Å². The van der Waals surface area contributed by atoms with Crippen LogP contribution < -0.4 is 15.4 Å². The van der Waals surface area contributed by atoms with E-state index in [9.17, 15) is 41.1 Å². The molecule has 5 atom stereocenters. The number of amides is 2. The van der Waals surface area contributed by atoms with Crippen molar-refractivity contribution in [1.29, 1.82) is 0 Å². The zero-order chi connectivity index (χ0) is 35.8. The molecule has 0 radical (unpaired) electrons. The highest BCUT2D eigenvalue weighted by Crippen LogP contribution is 2.49. The highest BCUT2D eigenvalue weighted by Gasteiger charge is 2.52. The summed E-state index contributed by atoms with van der Waals surface area (Å²) in [6.07, 6.45) is 2.27. The van der Waals surface area contributed by atoms with Crippen molar-refractivity contribution in [3.63, 3.8) is 0 Å². The van der Waals surface area contributed by atoms with Gasteiger partial charge in [0.2, 0.25) is 5.91 Å². The van der Waals surface area contributed by atoms with Crippen molar-refractivity contribution >= 4 is 33.3 Å². The summed E-state index contributed by atoms with van der Waals surface area (Å²) in [5.74, 6) is -3.86. The van der Waals surface area contributed by atoms with Gasteiger partial charge in [-0.15, -0.1) is 0 Å². The molecule has 262 valence electrons. The fraction of sp³-hybridized carbons (Fsp3) is 0.382. The van der Waals surface area contributed by atoms with Crippen LogP contribution in [-0.4, -0.2) is 75.0 Å². The Morgan fingerprint density at radius 3 is 2.31 bits per heavy atom. The number of carboxylic acids is 1. The first kappa shape index (κ1) is 35.8. The molecule has 2 amide bonds. The summed E-state index contributed by atoms with van der Waals surface area (Å²) in [6.45, 7) is 0. The van der Waals surface area contributed by atoms with E-state index in [1.807, 2.05) is 0 Å². The van der Waals surface area contributed by atoms with Gasteiger partial charge in [0.1, 0.15) is 17.6 Å². The number of sulfone groups is 1. The Morgan fingerprint density at radius 1 is 1.02 bits per heavy atom. The standard InChI is InChI=1S/C34H35F4N3O7S/c1-41(2)27(33(44)45)13-18-7-9-19(10-8-18)24-16-25(28(48-3)17-26(24)35)31(42)40-30-21-12-11-20(14-21)29(30)32(43)39-22-5-4-6-23(15-22)49(46,47)34(36,37)38/h4-10,15-17,20-21,27,29-30H,11-14H2,1-3H3,(H,39,43)(H,40,42)(H,44,45)/t20-,21+,27-,29+,30-/m0/s1. The maximum atomic E-state index is 15.3. The van der Waals surface area contributed by atoms with Crippen LogP contribution in [0.1, 0.15) is 35.2 Å². The number of fused-ring (bicyclic) bond motifs is 2. The lowest BCUT2D eigenvalue weighted by atomic mass is 9.83. The van der Waals surface area contributed by atoms with Gasteiger partial charge in [-0.1, -0.05) is 30.3 Å². The molecule has 0 aliphatic heterocycles. The molecule has 2 aliphatic rings. The molecule has 10 nitrogen and oxygen atoms in total. The number of ether oxygens (including phenoxy) is 1. The molecule has 0 aromatic heterocycles. The fourth-order valence-electron chi connectivity index (χ4n) is 6.86. The van der Waals surface area contributed by atoms with Crippen molar-refractivity contribution < 1.29 is 50.2 Å². The van der Waals surface area contributed by atoms with Gasteiger partial charge < -0.3 is 20.5 Å². The number of alkyl halides is 3. The lowest BCUT2D eigenvalue weighted by molar-refractivity contribution is -0.142. The largest absolute Gasteiger partial charge is 0.501 e. The van der Waals surface area contributed by atoms with E-state index in [1.165, 1.54) is 19.2 Å². The van der Waals surface area contributed by atoms with Crippen LogP contribution in [0.2, 0.25) is 0 Å². The van der Waals surface area contributed by atoms with E-state index < -0.39 is 61.8 Å². The molecule has 0 spiro atoms. The average Bonchev–Trinajstić information content (AvgIpc) is 3.65. The van der Waals surface area contributed by atoms with E-state index in [2.05, 4.69) is 10.6 Å². The number of anilines is 1. The summed E-state index contributed by atoms with van der Waals surface area (Å²) in [4.78, 5) is 39.4. The lowest BCUT2D eigenvalue weighted by Crippen LogP contribution is -2.48. The Labute approximate surface area is 280 Å². The molecular formula is C34H35F4N3O7S. The van der Waals surface area contributed by atoms with E-state index in [0.717, 1.165) is 30.7 Å². The van der Waals surface area contributed by atoms with Gasteiger partial charge in [-0.3, -0.25) is 19.3 Å². The van der Waals surface area contributed by atoms with Crippen molar-refractivity contribution in [2.45, 2.75) is 48.2 Å². The van der Waals surface area contributed by atoms with Gasteiger partial charge in [-0.25, -0.2) is 12.8 Å². The molecule has 2 saturated carbocycles. The highest BCUT2D eigenvalue weighted by molar-refractivity contribution is 7.92. The smallest absolute Gasteiger partial charge is 0.496 e. The topological polar surface area (TPSA) is 142 Å². The summed E-state index contributed by atoms with van der Waals surface area (Å²) < 4.78 is 83.8. The number of benzene rings is 3. The number of nitrogens with zero attached hydrogens (tertiary/aromatic N) is 1. The minimum atomic E-state index is -5.64. The van der Waals surface area contributed by atoms with Gasteiger partial charge in [0, 0.05) is 23.4 Å². The Kier molecular flexibility index (Phi) is 10.1. The third-order valence-electron chi connectivity index (χ3n) is 9.37. The van der Waals surface area contributed by atoms with Crippen LogP contribution in [0, 0.1) is 23.6 Å². The summed E-state index contributed by atoms with van der Waals surface area (Å²) in [5.41, 5.74) is -4.41. The molecule has 3 aromatic carbocycles. The number of nitrogens with one attached hydrogen (secondary N) is 2. The van der Waals surface area contributed by atoms with Crippen LogP contribution in [0.4, 0.5) is 23.2 Å². The second-order valence-corrected chi connectivity index (χ2v) is 14.5. The Bertz CT molecular complexity index is 1870. The second kappa shape index (κ2) is 13.8. The molecule has 2 fully saturated rings. The van der Waals surface area contributed by atoms with Crippen molar-refractivity contribution in [1.82, 2.24) is 10.2 Å². The molecule has 0 saturated heterocycles. The van der Waals surface area contributed by atoms with E-state index >= 15 is 4.39 Å². The summed E-state index contributed by atoms with van der Waals surface area (Å²) in [5, 5.41) is 14.9. The Balaban J connectivity index is 1.37. The first-order chi connectivity index (χ1) is 23.0. The lowest BCUT2D eigenvalue weighted by Gasteiger charge is -2.31. The monoisotopic (exact) mass is 705 g/mol. The maximum absolute atomic E-state index is 15.3. The summed E-state index contributed by atoms with van der Waals surface area (Å²) in [6, 6.07) is 11.5. The van der Waals surface area contributed by atoms with Gasteiger partial charge >= 0.3 is 11.5 Å². The van der Waals surface area contributed by atoms with Crippen molar-refractivity contribution in [2.24, 2.45) is 17.8 Å². The van der Waals surface area contributed by atoms with Gasteiger partial charge in [0.25, 0.3) is 15.7 Å². The van der Waals surface area contributed by atoms with E-state index in [4.69, 9.17) is 4.74 Å². The number of rotatable bonds is 11. The molecule has 5 rings (SSSR count). The van der Waals surface area contributed by atoms with Gasteiger partial charge in [0.05, 0.1) is 23.5 Å². The molecule has 3 aromatic rings.